The standard InChI is InChI=1S/C34H56O6/c1-4-7-10-13-15-18-21-25-38-32(35)29-23-24-30(33(36)39-26-20-17-12-9-6-3)31(28-29)34(37)40-27-22-19-16-14-11-8-5-2/h23-24,28H,4-22,25-27H2,1-3H3. The fraction of sp³-hybridized carbons (Fsp3) is 0.735. The lowest BCUT2D eigenvalue weighted by Gasteiger charge is -2.12. The molecule has 0 atom stereocenters. The first kappa shape index (κ1) is 35.7. The van der Waals surface area contributed by atoms with Gasteiger partial charge in [-0.2, -0.15) is 0 Å². The van der Waals surface area contributed by atoms with Crippen LogP contribution >= 0.6 is 0 Å². The van der Waals surface area contributed by atoms with Crippen LogP contribution in [-0.2, 0) is 14.2 Å². The Labute approximate surface area is 243 Å². The van der Waals surface area contributed by atoms with Crippen LogP contribution in [-0.4, -0.2) is 37.7 Å². The van der Waals surface area contributed by atoms with Gasteiger partial charge < -0.3 is 14.2 Å². The van der Waals surface area contributed by atoms with E-state index in [-0.39, 0.29) is 23.3 Å². The summed E-state index contributed by atoms with van der Waals surface area (Å²) in [6, 6.07) is 4.42. The summed E-state index contributed by atoms with van der Waals surface area (Å²) in [6.07, 6.45) is 20.9. The summed E-state index contributed by atoms with van der Waals surface area (Å²) >= 11 is 0. The summed E-state index contributed by atoms with van der Waals surface area (Å²) in [7, 11) is 0. The fourth-order valence-corrected chi connectivity index (χ4v) is 4.58. The molecule has 0 saturated carbocycles. The SMILES string of the molecule is CCCCCCCCCOC(=O)c1ccc(C(=O)OCCCCCCC)c(C(=O)OCCCCCCCCC)c1. The maximum absolute atomic E-state index is 13.0. The summed E-state index contributed by atoms with van der Waals surface area (Å²) in [4.78, 5) is 38.5. The van der Waals surface area contributed by atoms with E-state index >= 15 is 0 Å². The average molecular weight is 561 g/mol. The fourth-order valence-electron chi connectivity index (χ4n) is 4.58. The first-order valence-corrected chi connectivity index (χ1v) is 16.2. The molecule has 0 fully saturated rings. The van der Waals surface area contributed by atoms with Crippen molar-refractivity contribution in [3.8, 4) is 0 Å². The third-order valence-electron chi connectivity index (χ3n) is 7.14. The summed E-state index contributed by atoms with van der Waals surface area (Å²) in [6.45, 7) is 7.48. The van der Waals surface area contributed by atoms with Crippen LogP contribution in [0.4, 0.5) is 0 Å². The van der Waals surface area contributed by atoms with Gasteiger partial charge >= 0.3 is 17.9 Å². The number of ether oxygens (including phenoxy) is 3. The van der Waals surface area contributed by atoms with Crippen LogP contribution in [0.2, 0.25) is 0 Å². The highest BCUT2D eigenvalue weighted by Gasteiger charge is 2.22. The van der Waals surface area contributed by atoms with E-state index in [1.807, 2.05) is 0 Å². The van der Waals surface area contributed by atoms with Crippen LogP contribution in [0.15, 0.2) is 18.2 Å². The highest BCUT2D eigenvalue weighted by atomic mass is 16.5. The third-order valence-corrected chi connectivity index (χ3v) is 7.14. The third kappa shape index (κ3) is 16.7. The van der Waals surface area contributed by atoms with Crippen LogP contribution in [0.25, 0.3) is 0 Å². The van der Waals surface area contributed by atoms with E-state index in [4.69, 9.17) is 14.2 Å². The van der Waals surface area contributed by atoms with Crippen molar-refractivity contribution in [2.75, 3.05) is 19.8 Å². The van der Waals surface area contributed by atoms with Crippen molar-refractivity contribution in [1.82, 2.24) is 0 Å². The number of rotatable bonds is 25. The average Bonchev–Trinajstić information content (AvgIpc) is 2.97. The molecule has 0 heterocycles. The molecule has 0 radical (unpaired) electrons. The molecule has 6 heteroatoms. The van der Waals surface area contributed by atoms with E-state index in [1.165, 1.54) is 76.0 Å². The Balaban J connectivity index is 2.70. The van der Waals surface area contributed by atoms with Crippen molar-refractivity contribution in [2.45, 2.75) is 143 Å². The summed E-state index contributed by atoms with van der Waals surface area (Å²) < 4.78 is 16.4. The van der Waals surface area contributed by atoms with Crippen LogP contribution in [0.1, 0.15) is 174 Å². The second-order valence-electron chi connectivity index (χ2n) is 10.8. The first-order chi connectivity index (χ1) is 19.5. The zero-order chi connectivity index (χ0) is 29.3. The van der Waals surface area contributed by atoms with Gasteiger partial charge in [-0.1, -0.05) is 124 Å². The molecule has 6 nitrogen and oxygen atoms in total. The van der Waals surface area contributed by atoms with E-state index in [2.05, 4.69) is 20.8 Å². The Morgan fingerprint density at radius 1 is 0.450 bits per heavy atom. The Hall–Kier alpha value is -2.37. The lowest BCUT2D eigenvalue weighted by molar-refractivity contribution is 0.0448. The predicted molar refractivity (Wildman–Crippen MR) is 162 cm³/mol. The Bertz CT molecular complexity index is 819. The topological polar surface area (TPSA) is 78.9 Å². The van der Waals surface area contributed by atoms with Gasteiger partial charge in [0.2, 0.25) is 0 Å². The number of hydrogen-bond acceptors (Lipinski definition) is 6. The number of carbonyl (C=O) groups is 3. The van der Waals surface area contributed by atoms with Crippen molar-refractivity contribution in [3.63, 3.8) is 0 Å². The van der Waals surface area contributed by atoms with Gasteiger partial charge in [-0.15, -0.1) is 0 Å². The molecular weight excluding hydrogens is 504 g/mol. The van der Waals surface area contributed by atoms with E-state index in [0.717, 1.165) is 64.2 Å². The predicted octanol–water partition coefficient (Wildman–Crippen LogP) is 9.63. The maximum Gasteiger partial charge on any atom is 0.339 e. The number of carbonyl (C=O) groups excluding carboxylic acids is 3. The lowest BCUT2D eigenvalue weighted by Crippen LogP contribution is -2.17. The molecule has 1 aromatic carbocycles. The van der Waals surface area contributed by atoms with E-state index in [9.17, 15) is 14.4 Å². The molecule has 0 aliphatic rings. The highest BCUT2D eigenvalue weighted by Crippen LogP contribution is 2.18. The summed E-state index contributed by atoms with van der Waals surface area (Å²) in [5, 5.41) is 0. The van der Waals surface area contributed by atoms with Gasteiger partial charge in [0.25, 0.3) is 0 Å². The molecule has 0 aliphatic heterocycles. The van der Waals surface area contributed by atoms with Crippen LogP contribution in [0.5, 0.6) is 0 Å². The zero-order valence-electron chi connectivity index (χ0n) is 25.7. The van der Waals surface area contributed by atoms with Crippen LogP contribution < -0.4 is 0 Å². The quantitative estimate of drug-likeness (QED) is 0.0673. The highest BCUT2D eigenvalue weighted by molar-refractivity contribution is 6.05. The van der Waals surface area contributed by atoms with E-state index in [0.29, 0.717) is 13.2 Å². The molecule has 0 bridgehead atoms. The minimum absolute atomic E-state index is 0.0595. The molecule has 228 valence electrons. The van der Waals surface area contributed by atoms with Crippen LogP contribution in [0, 0.1) is 0 Å². The van der Waals surface area contributed by atoms with Crippen molar-refractivity contribution in [1.29, 1.82) is 0 Å². The smallest absolute Gasteiger partial charge is 0.339 e. The number of esters is 3. The Morgan fingerprint density at radius 2 is 0.800 bits per heavy atom. The second kappa shape index (κ2) is 24.4. The number of hydrogen-bond donors (Lipinski definition) is 0. The first-order valence-electron chi connectivity index (χ1n) is 16.2. The summed E-state index contributed by atoms with van der Waals surface area (Å²) in [5.41, 5.74) is 0.424. The second-order valence-corrected chi connectivity index (χ2v) is 10.8. The van der Waals surface area contributed by atoms with Gasteiger partial charge in [0.05, 0.1) is 36.5 Å². The normalized spacial score (nSPS) is 10.9. The molecule has 40 heavy (non-hydrogen) atoms. The van der Waals surface area contributed by atoms with Gasteiger partial charge in [0.15, 0.2) is 0 Å². The molecule has 0 unspecified atom stereocenters. The van der Waals surface area contributed by atoms with Gasteiger partial charge in [-0.25, -0.2) is 14.4 Å². The van der Waals surface area contributed by atoms with Crippen molar-refractivity contribution < 1.29 is 28.6 Å². The molecule has 0 N–H and O–H groups in total. The molecule has 1 rings (SSSR count). The minimum Gasteiger partial charge on any atom is -0.462 e. The Kier molecular flexibility index (Phi) is 21.8. The Morgan fingerprint density at radius 3 is 1.23 bits per heavy atom. The number of unbranched alkanes of at least 4 members (excludes halogenated alkanes) is 16. The minimum atomic E-state index is -0.609. The zero-order valence-corrected chi connectivity index (χ0v) is 25.7. The van der Waals surface area contributed by atoms with Crippen molar-refractivity contribution in [3.05, 3.63) is 34.9 Å². The van der Waals surface area contributed by atoms with Crippen molar-refractivity contribution in [2.24, 2.45) is 0 Å². The van der Waals surface area contributed by atoms with Crippen molar-refractivity contribution >= 4 is 17.9 Å². The van der Waals surface area contributed by atoms with Crippen LogP contribution in [0.3, 0.4) is 0 Å². The molecule has 0 aliphatic carbocycles. The van der Waals surface area contributed by atoms with Gasteiger partial charge in [0, 0.05) is 0 Å². The number of benzene rings is 1. The van der Waals surface area contributed by atoms with Gasteiger partial charge in [0.1, 0.15) is 0 Å². The maximum atomic E-state index is 13.0. The van der Waals surface area contributed by atoms with Gasteiger partial charge in [-0.05, 0) is 37.5 Å². The molecule has 0 spiro atoms. The van der Waals surface area contributed by atoms with E-state index < -0.39 is 17.9 Å². The largest absolute Gasteiger partial charge is 0.462 e. The molecule has 1 aromatic rings. The lowest BCUT2D eigenvalue weighted by atomic mass is 10.0. The van der Waals surface area contributed by atoms with Gasteiger partial charge in [-0.3, -0.25) is 0 Å². The summed E-state index contributed by atoms with van der Waals surface area (Å²) in [5.74, 6) is -1.67. The van der Waals surface area contributed by atoms with E-state index in [1.54, 1.807) is 0 Å². The molecule has 0 saturated heterocycles. The molecule has 0 amide bonds. The molecular formula is C34H56O6. The monoisotopic (exact) mass is 560 g/mol. The molecule has 0 aromatic heterocycles.